The zero-order valence-corrected chi connectivity index (χ0v) is 78.8. The van der Waals surface area contributed by atoms with Crippen molar-refractivity contribution in [3.8, 4) is 23.0 Å². The maximum absolute atomic E-state index is 13.0. The standard InChI is InChI=1S/2C26H26N4O5.C25H26N4O6.C24H24N4O6/c2*1-14(2)20(18-12-11-15(3)35-18)29-22-21(24(32)25(22)33)28-17-9-7-8-16(23(17)31)26(34)30(4)19-10-5-6-13-27-19;1-12(2)19(17-10-9-13(3)34-17)27-21-20(23(31)24(21)32)26-16-8-6-7-15(22(16)30)25(33)29(5)18-11-14(4)35-28-18;1-5-15(17-10-9-12(2)33-17)25-19-20(23(31)22(19)30)26-16-8-6-7-14(21(16)29)24(32)28(4)18-11-13(3)34-27-18/h2*5-14,20,28-29,31H,1-4H3;6-12,19,26-27,30H,1-5H3;6-11,15,25-26,29H,5H2,1-4H3/t2*20-;19-;15-/m1111/s1. The van der Waals surface area contributed by atoms with Gasteiger partial charge in [-0.05, 0) is 187 Å². The minimum absolute atomic E-state index is 0.00399. The number of hydrogen-bond donors (Lipinski definition) is 12. The number of anilines is 16. The van der Waals surface area contributed by atoms with Crippen LogP contribution < -0.4 is 106 Å². The molecule has 8 heterocycles. The fraction of sp³-hybridized carbons (Fsp3) is 0.248. The average Bonchev–Trinajstić information content (AvgIpc) is 1.30. The van der Waals surface area contributed by atoms with Crippen LogP contribution in [0.3, 0.4) is 0 Å². The lowest BCUT2D eigenvalue weighted by molar-refractivity contribution is 0.0981. The van der Waals surface area contributed by atoms with Gasteiger partial charge in [-0.1, -0.05) is 95.2 Å². The number of hydrogen-bond acceptors (Lipinski definition) is 34. The number of aryl methyl sites for hydroxylation is 6. The molecule has 16 aromatic rings. The number of phenols is 4. The molecule has 139 heavy (non-hydrogen) atoms. The molecule has 0 aliphatic rings. The van der Waals surface area contributed by atoms with Gasteiger partial charge < -0.3 is 89.7 Å². The van der Waals surface area contributed by atoms with Gasteiger partial charge in [-0.2, -0.15) is 0 Å². The van der Waals surface area contributed by atoms with Crippen LogP contribution in [-0.4, -0.2) is 92.5 Å². The summed E-state index contributed by atoms with van der Waals surface area (Å²) in [6.45, 7) is 24.4. The molecule has 4 amide bonds. The molecule has 0 saturated heterocycles. The molecule has 8 aromatic heterocycles. The Balaban J connectivity index is 0.000000156. The minimum Gasteiger partial charge on any atom is -0.505 e. The van der Waals surface area contributed by atoms with Crippen molar-refractivity contribution in [1.29, 1.82) is 0 Å². The number of rotatable bonds is 32. The first-order valence-corrected chi connectivity index (χ1v) is 44.0. The molecule has 0 spiro atoms. The van der Waals surface area contributed by atoms with Crippen molar-refractivity contribution in [3.63, 3.8) is 0 Å². The first kappa shape index (κ1) is 99.0. The molecule has 0 saturated carbocycles. The van der Waals surface area contributed by atoms with Crippen molar-refractivity contribution in [2.24, 2.45) is 17.8 Å². The SMILES string of the molecule is CC[C@@H](Nc1c(Nc2cccc(C(=O)N(C)c3cc(C)on3)c2O)c(=O)c1=O)c1ccc(C)o1.Cc1cc(N(C)C(=O)c2cccc(Nc3c(N[C@@H](c4ccc(C)o4)C(C)C)c(=O)c3=O)c2O)no1.Cc1ccc([C@H](Nc2c(Nc3cccc(C(=O)N(C)c4ccccn4)c3O)c(=O)c2=O)C(C)C)o1.Cc1ccc([C@H](Nc2c(Nc3cccc(C(=O)N(C)c4ccccn4)c3O)c(=O)c2=O)C(C)C)o1. The Hall–Kier alpha value is -17.5. The Kier molecular flexibility index (Phi) is 29.9. The molecule has 0 bridgehead atoms. The van der Waals surface area contributed by atoms with E-state index in [-0.39, 0.29) is 167 Å². The van der Waals surface area contributed by atoms with Gasteiger partial charge in [-0.15, -0.1) is 0 Å². The van der Waals surface area contributed by atoms with Gasteiger partial charge in [0, 0.05) is 52.7 Å². The van der Waals surface area contributed by atoms with Crippen molar-refractivity contribution in [2.45, 2.75) is 121 Å². The molecule has 0 unspecified atom stereocenters. The van der Waals surface area contributed by atoms with Gasteiger partial charge in [0.1, 0.15) is 115 Å². The number of para-hydroxylation sites is 4. The number of phenolic OH excluding ortho intramolecular Hbond substituents is 4. The first-order valence-electron chi connectivity index (χ1n) is 44.0. The molecular formula is C101H102N16O22. The Morgan fingerprint density at radius 1 is 0.309 bits per heavy atom. The zero-order valence-electron chi connectivity index (χ0n) is 78.8. The Bertz CT molecular complexity index is 7290. The highest BCUT2D eigenvalue weighted by molar-refractivity contribution is 6.11. The summed E-state index contributed by atoms with van der Waals surface area (Å²) in [5.74, 6) is 4.64. The molecule has 0 aliphatic carbocycles. The van der Waals surface area contributed by atoms with Gasteiger partial charge in [0.15, 0.2) is 34.6 Å². The van der Waals surface area contributed by atoms with Crippen LogP contribution in [0.1, 0.15) is 178 Å². The number of benzene rings is 4. The molecule has 0 radical (unpaired) electrons. The fourth-order valence-electron chi connectivity index (χ4n) is 14.9. The maximum atomic E-state index is 13.0. The van der Waals surface area contributed by atoms with Crippen molar-refractivity contribution in [3.05, 3.63) is 344 Å². The third-order valence-electron chi connectivity index (χ3n) is 22.8. The minimum atomic E-state index is -0.725. The monoisotopic (exact) mass is 1890 g/mol. The van der Waals surface area contributed by atoms with Gasteiger partial charge >= 0.3 is 0 Å². The van der Waals surface area contributed by atoms with E-state index in [1.165, 1.54) is 82.2 Å². The van der Waals surface area contributed by atoms with E-state index in [0.717, 1.165) is 23.0 Å². The number of aromatic hydroxyl groups is 4. The fourth-order valence-corrected chi connectivity index (χ4v) is 14.9. The van der Waals surface area contributed by atoms with Gasteiger partial charge in [-0.3, -0.25) is 77.1 Å². The third kappa shape index (κ3) is 21.2. The summed E-state index contributed by atoms with van der Waals surface area (Å²) in [4.78, 5) is 164. The predicted octanol–water partition coefficient (Wildman–Crippen LogP) is 16.0. The van der Waals surface area contributed by atoms with Crippen LogP contribution >= 0.6 is 0 Å². The number of aromatic nitrogens is 4. The Morgan fingerprint density at radius 3 is 0.784 bits per heavy atom. The highest BCUT2D eigenvalue weighted by Gasteiger charge is 2.35. The maximum Gasteiger partial charge on any atom is 0.263 e. The van der Waals surface area contributed by atoms with E-state index in [1.54, 1.807) is 113 Å². The topological polar surface area (TPSA) is 525 Å². The highest BCUT2D eigenvalue weighted by Crippen LogP contribution is 2.42. The summed E-state index contributed by atoms with van der Waals surface area (Å²) >= 11 is 0. The smallest absolute Gasteiger partial charge is 0.263 e. The quantitative estimate of drug-likeness (QED) is 0.0138. The number of amides is 4. The lowest BCUT2D eigenvalue weighted by Gasteiger charge is -2.24. The van der Waals surface area contributed by atoms with Crippen LogP contribution in [0.5, 0.6) is 23.0 Å². The van der Waals surface area contributed by atoms with Crippen LogP contribution in [0, 0.1) is 59.3 Å². The van der Waals surface area contributed by atoms with Crippen molar-refractivity contribution >= 4 is 115 Å². The van der Waals surface area contributed by atoms with Crippen LogP contribution in [-0.2, 0) is 0 Å². The van der Waals surface area contributed by atoms with Crippen molar-refractivity contribution in [2.75, 3.05) is 90.3 Å². The number of carbonyl (C=O) groups is 4. The van der Waals surface area contributed by atoms with Gasteiger partial charge in [0.05, 0.1) is 69.2 Å². The van der Waals surface area contributed by atoms with Gasteiger partial charge in [0.2, 0.25) is 0 Å². The molecule has 8 aromatic carbocycles. The molecule has 16 rings (SSSR count). The van der Waals surface area contributed by atoms with E-state index < -0.39 is 67.1 Å². The van der Waals surface area contributed by atoms with E-state index in [9.17, 15) is 78.0 Å². The number of nitrogens with zero attached hydrogens (tertiary/aromatic N) is 8. The van der Waals surface area contributed by atoms with Crippen LogP contribution in [0.15, 0.2) is 247 Å². The molecule has 38 heteroatoms. The lowest BCUT2D eigenvalue weighted by atomic mass is 10.0. The first-order chi connectivity index (χ1) is 66.2. The molecular weight excluding hydrogens is 1790 g/mol. The summed E-state index contributed by atoms with van der Waals surface area (Å²) in [5.41, 5.74) is -4.67. The number of pyridine rings is 2. The number of carbonyl (C=O) groups excluding carboxylic acids is 4. The van der Waals surface area contributed by atoms with Crippen LogP contribution in [0.4, 0.5) is 91.5 Å². The van der Waals surface area contributed by atoms with E-state index in [1.807, 2.05) is 125 Å². The van der Waals surface area contributed by atoms with E-state index in [2.05, 4.69) is 62.8 Å². The molecule has 0 aliphatic heterocycles. The molecule has 38 nitrogen and oxygen atoms in total. The predicted molar refractivity (Wildman–Crippen MR) is 527 cm³/mol. The molecule has 4 atom stereocenters. The largest absolute Gasteiger partial charge is 0.505 e. The second kappa shape index (κ2) is 42.0. The second-order valence-corrected chi connectivity index (χ2v) is 33.9. The van der Waals surface area contributed by atoms with Crippen LogP contribution in [0.25, 0.3) is 0 Å². The normalized spacial score (nSPS) is 12.1. The summed E-state index contributed by atoms with van der Waals surface area (Å²) < 4.78 is 32.8. The van der Waals surface area contributed by atoms with E-state index >= 15 is 0 Å². The van der Waals surface area contributed by atoms with Crippen LogP contribution in [0.2, 0.25) is 0 Å². The summed E-state index contributed by atoms with van der Waals surface area (Å²) in [7, 11) is 6.09. The molecule has 12 N–H and O–H groups in total. The molecule has 718 valence electrons. The van der Waals surface area contributed by atoms with Crippen molar-refractivity contribution < 1.29 is 66.3 Å². The second-order valence-electron chi connectivity index (χ2n) is 33.9. The third-order valence-corrected chi connectivity index (χ3v) is 22.8. The highest BCUT2D eigenvalue weighted by atomic mass is 16.5. The molecule has 0 fully saturated rings. The average molecular weight is 1890 g/mol. The Morgan fingerprint density at radius 2 is 0.561 bits per heavy atom. The number of furan rings is 4. The van der Waals surface area contributed by atoms with E-state index in [4.69, 9.17) is 26.7 Å². The number of nitrogens with one attached hydrogen (secondary N) is 8. The summed E-state index contributed by atoms with van der Waals surface area (Å²) in [6, 6.07) is 44.8. The zero-order chi connectivity index (χ0) is 101. The van der Waals surface area contributed by atoms with Crippen molar-refractivity contribution in [1.82, 2.24) is 20.3 Å². The Labute approximate surface area is 793 Å². The van der Waals surface area contributed by atoms with Gasteiger partial charge in [0.25, 0.3) is 67.1 Å². The van der Waals surface area contributed by atoms with E-state index in [0.29, 0.717) is 52.6 Å². The summed E-state index contributed by atoms with van der Waals surface area (Å²) in [5, 5.41) is 74.5. The lowest BCUT2D eigenvalue weighted by Crippen LogP contribution is -2.38. The van der Waals surface area contributed by atoms with Gasteiger partial charge in [-0.25, -0.2) is 9.97 Å². The summed E-state index contributed by atoms with van der Waals surface area (Å²) in [6.07, 6.45) is 3.73.